The van der Waals surface area contributed by atoms with E-state index < -0.39 is 10.1 Å². The van der Waals surface area contributed by atoms with Crippen molar-refractivity contribution in [2.45, 2.75) is 109 Å². The van der Waals surface area contributed by atoms with E-state index in [1.807, 2.05) is 30.3 Å². The molecule has 3 nitrogen and oxygen atoms in total. The standard InChI is InChI=1S/C26H40O3S.K/c1-3-5-7-9-11-13-16-22-18-15-19-23-20-21-24(17-14-12-10-8-6-4-2)26(25(22)23)30(27,28)29;/h15,18-21H,3-14,16-17H2,1-2H3,(H,27,28,29);/q;+1/p-1. The minimum Gasteiger partial charge on any atom is -0.744 e. The molecule has 0 atom stereocenters. The second kappa shape index (κ2) is 16.0. The first-order valence-electron chi connectivity index (χ1n) is 12.0. The largest absolute Gasteiger partial charge is 1.00 e. The Balaban J connectivity index is 0.00000480. The van der Waals surface area contributed by atoms with E-state index in [0.717, 1.165) is 43.1 Å². The number of fused-ring (bicyclic) bond motifs is 1. The fourth-order valence-corrected chi connectivity index (χ4v) is 5.33. The van der Waals surface area contributed by atoms with Crippen LogP contribution >= 0.6 is 0 Å². The van der Waals surface area contributed by atoms with Crippen LogP contribution in [0.2, 0.25) is 0 Å². The Morgan fingerprint density at radius 1 is 0.677 bits per heavy atom. The van der Waals surface area contributed by atoms with E-state index >= 15 is 0 Å². The molecule has 0 unspecified atom stereocenters. The molecule has 0 N–H and O–H groups in total. The van der Waals surface area contributed by atoms with E-state index in [0.29, 0.717) is 17.4 Å². The molecule has 0 aliphatic carbocycles. The smallest absolute Gasteiger partial charge is 0.744 e. The van der Waals surface area contributed by atoms with E-state index in [2.05, 4.69) is 13.8 Å². The normalized spacial score (nSPS) is 11.6. The number of hydrogen-bond donors (Lipinski definition) is 0. The summed E-state index contributed by atoms with van der Waals surface area (Å²) in [6, 6.07) is 9.74. The van der Waals surface area contributed by atoms with Gasteiger partial charge in [-0.2, -0.15) is 0 Å². The molecule has 0 fully saturated rings. The van der Waals surface area contributed by atoms with Gasteiger partial charge in [0.1, 0.15) is 10.1 Å². The number of unbranched alkanes of at least 4 members (excludes halogenated alkanes) is 10. The number of benzene rings is 2. The zero-order valence-corrected chi connectivity index (χ0v) is 23.9. The van der Waals surface area contributed by atoms with Crippen molar-refractivity contribution in [1.82, 2.24) is 0 Å². The van der Waals surface area contributed by atoms with E-state index in [9.17, 15) is 13.0 Å². The molecule has 0 saturated carbocycles. The second-order valence-electron chi connectivity index (χ2n) is 8.56. The fourth-order valence-electron chi connectivity index (χ4n) is 4.34. The predicted octanol–water partition coefficient (Wildman–Crippen LogP) is 4.55. The summed E-state index contributed by atoms with van der Waals surface area (Å²) in [5.41, 5.74) is 1.70. The van der Waals surface area contributed by atoms with Crippen molar-refractivity contribution in [2.24, 2.45) is 0 Å². The van der Waals surface area contributed by atoms with Crippen LogP contribution in [-0.4, -0.2) is 13.0 Å². The van der Waals surface area contributed by atoms with Gasteiger partial charge in [0, 0.05) is 5.39 Å². The maximum absolute atomic E-state index is 12.3. The molecule has 5 heteroatoms. The Kier molecular flexibility index (Phi) is 15.1. The Bertz CT molecular complexity index is 878. The third-order valence-electron chi connectivity index (χ3n) is 6.02. The molecule has 2 rings (SSSR count). The summed E-state index contributed by atoms with van der Waals surface area (Å²) in [4.78, 5) is 0.0372. The Morgan fingerprint density at radius 3 is 1.74 bits per heavy atom. The van der Waals surface area contributed by atoms with Crippen molar-refractivity contribution >= 4 is 20.9 Å². The van der Waals surface area contributed by atoms with Crippen LogP contribution in [0.25, 0.3) is 10.8 Å². The van der Waals surface area contributed by atoms with Crippen molar-refractivity contribution in [3.63, 3.8) is 0 Å². The van der Waals surface area contributed by atoms with Crippen LogP contribution in [-0.2, 0) is 23.0 Å². The van der Waals surface area contributed by atoms with Gasteiger partial charge < -0.3 is 4.55 Å². The number of aryl methyl sites for hydroxylation is 2. The van der Waals surface area contributed by atoms with E-state index in [-0.39, 0.29) is 56.3 Å². The Morgan fingerprint density at radius 2 is 1.19 bits per heavy atom. The van der Waals surface area contributed by atoms with Gasteiger partial charge in [-0.25, -0.2) is 8.42 Å². The first-order valence-corrected chi connectivity index (χ1v) is 13.4. The molecule has 0 bridgehead atoms. The molecule has 0 radical (unpaired) electrons. The monoisotopic (exact) mass is 470 g/mol. The minimum atomic E-state index is -4.53. The molecular weight excluding hydrogens is 431 g/mol. The summed E-state index contributed by atoms with van der Waals surface area (Å²) in [5.74, 6) is 0. The van der Waals surface area contributed by atoms with Gasteiger partial charge in [0.25, 0.3) is 0 Å². The topological polar surface area (TPSA) is 57.2 Å². The third kappa shape index (κ3) is 9.95. The molecule has 0 amide bonds. The van der Waals surface area contributed by atoms with E-state index in [1.165, 1.54) is 51.4 Å². The van der Waals surface area contributed by atoms with Crippen LogP contribution in [0, 0.1) is 0 Å². The second-order valence-corrected chi connectivity index (χ2v) is 9.88. The van der Waals surface area contributed by atoms with Gasteiger partial charge in [-0.05, 0) is 42.2 Å². The summed E-state index contributed by atoms with van der Waals surface area (Å²) in [5, 5.41) is 1.53. The van der Waals surface area contributed by atoms with Gasteiger partial charge in [0.2, 0.25) is 0 Å². The summed E-state index contributed by atoms with van der Waals surface area (Å²) in [6.07, 6.45) is 15.5. The molecule has 31 heavy (non-hydrogen) atoms. The molecule has 2 aromatic carbocycles. The predicted molar refractivity (Wildman–Crippen MR) is 126 cm³/mol. The maximum atomic E-state index is 12.3. The Labute approximate surface area is 233 Å². The number of rotatable bonds is 15. The van der Waals surface area contributed by atoms with Crippen molar-refractivity contribution in [3.8, 4) is 0 Å². The molecule has 168 valence electrons. The van der Waals surface area contributed by atoms with E-state index in [4.69, 9.17) is 0 Å². The molecule has 0 aromatic heterocycles. The SMILES string of the molecule is CCCCCCCCc1ccc2cccc(CCCCCCCC)c2c1S(=O)(=O)[O-].[K+]. The van der Waals surface area contributed by atoms with Crippen molar-refractivity contribution in [2.75, 3.05) is 0 Å². The van der Waals surface area contributed by atoms with Crippen LogP contribution in [0.5, 0.6) is 0 Å². The third-order valence-corrected chi connectivity index (χ3v) is 6.98. The van der Waals surface area contributed by atoms with Crippen molar-refractivity contribution < 1.29 is 64.4 Å². The van der Waals surface area contributed by atoms with Gasteiger partial charge in [-0.1, -0.05) is 108 Å². The average molecular weight is 471 g/mol. The minimum absolute atomic E-state index is 0. The molecule has 0 saturated heterocycles. The molecule has 0 spiro atoms. The summed E-state index contributed by atoms with van der Waals surface area (Å²) in [7, 11) is -4.53. The first kappa shape index (κ1) is 29.3. The summed E-state index contributed by atoms with van der Waals surface area (Å²) >= 11 is 0. The van der Waals surface area contributed by atoms with E-state index in [1.54, 1.807) is 0 Å². The van der Waals surface area contributed by atoms with Crippen molar-refractivity contribution in [1.29, 1.82) is 0 Å². The zero-order valence-electron chi connectivity index (χ0n) is 19.9. The number of hydrogen-bond acceptors (Lipinski definition) is 3. The van der Waals surface area contributed by atoms with Gasteiger partial charge in [0.15, 0.2) is 0 Å². The fraction of sp³-hybridized carbons (Fsp3) is 0.615. The van der Waals surface area contributed by atoms with Crippen LogP contribution in [0.4, 0.5) is 0 Å². The average Bonchev–Trinajstić information content (AvgIpc) is 2.72. The summed E-state index contributed by atoms with van der Waals surface area (Å²) < 4.78 is 36.9. The quantitative estimate of drug-likeness (QED) is 0.218. The Hall–Kier alpha value is 0.246. The van der Waals surface area contributed by atoms with Gasteiger partial charge in [-0.3, -0.25) is 0 Å². The molecule has 0 heterocycles. The van der Waals surface area contributed by atoms with Crippen LogP contribution in [0.3, 0.4) is 0 Å². The molecule has 0 aliphatic rings. The van der Waals surface area contributed by atoms with Gasteiger partial charge in [-0.15, -0.1) is 0 Å². The van der Waals surface area contributed by atoms with Gasteiger partial charge in [0.05, 0.1) is 4.90 Å². The van der Waals surface area contributed by atoms with Crippen molar-refractivity contribution in [3.05, 3.63) is 41.5 Å². The van der Waals surface area contributed by atoms with Crippen LogP contribution in [0.15, 0.2) is 35.2 Å². The summed E-state index contributed by atoms with van der Waals surface area (Å²) in [6.45, 7) is 4.41. The first-order chi connectivity index (χ1) is 14.5. The molecular formula is C26H39KO3S. The van der Waals surface area contributed by atoms with Crippen LogP contribution < -0.4 is 51.4 Å². The zero-order chi connectivity index (χ0) is 21.8. The van der Waals surface area contributed by atoms with Gasteiger partial charge >= 0.3 is 51.4 Å². The van der Waals surface area contributed by atoms with Crippen LogP contribution in [0.1, 0.15) is 102 Å². The molecule has 2 aromatic rings. The maximum Gasteiger partial charge on any atom is 1.00 e. The molecule has 0 aliphatic heterocycles.